The number of hydrazine groups is 1. The lowest BCUT2D eigenvalue weighted by molar-refractivity contribution is -0.127. The van der Waals surface area contributed by atoms with Crippen LogP contribution in [-0.2, 0) is 4.79 Å². The molecule has 0 spiro atoms. The molecular weight excluding hydrogens is 322 g/mol. The Hall–Kier alpha value is -2.33. The van der Waals surface area contributed by atoms with E-state index in [2.05, 4.69) is 91.6 Å². The van der Waals surface area contributed by atoms with Gasteiger partial charge >= 0.3 is 0 Å². The minimum Gasteiger partial charge on any atom is -0.358 e. The fourth-order valence-electron chi connectivity index (χ4n) is 4.65. The zero-order valence-electron chi connectivity index (χ0n) is 16.4. The topological polar surface area (TPSA) is 35.6 Å². The smallest absolute Gasteiger partial charge is 0.231 e. The van der Waals surface area contributed by atoms with Crippen molar-refractivity contribution < 1.29 is 4.79 Å². The first kappa shape index (κ1) is 18.5. The number of nitrogens with one attached hydrogen (secondary N) is 1. The van der Waals surface area contributed by atoms with E-state index in [9.17, 15) is 4.79 Å². The summed E-state index contributed by atoms with van der Waals surface area (Å²) >= 11 is 0. The van der Waals surface area contributed by atoms with Crippen molar-refractivity contribution >= 4 is 11.6 Å². The molecule has 1 amide bonds. The number of carbonyl (C=O) groups excluding carboxylic acids is 1. The average molecular weight is 351 g/mol. The first-order valence-electron chi connectivity index (χ1n) is 9.18. The van der Waals surface area contributed by atoms with Gasteiger partial charge < -0.3 is 4.90 Å². The molecule has 26 heavy (non-hydrogen) atoms. The minimum absolute atomic E-state index is 0.0285. The largest absolute Gasteiger partial charge is 0.358 e. The normalized spacial score (nSPS) is 22.0. The molecule has 1 aliphatic heterocycles. The lowest BCUT2D eigenvalue weighted by Gasteiger charge is -2.61. The molecule has 0 radical (unpaired) electrons. The van der Waals surface area contributed by atoms with E-state index in [0.29, 0.717) is 0 Å². The van der Waals surface area contributed by atoms with Crippen LogP contribution >= 0.6 is 0 Å². The van der Waals surface area contributed by atoms with Gasteiger partial charge in [0.05, 0.1) is 11.6 Å². The van der Waals surface area contributed by atoms with Crippen LogP contribution in [-0.4, -0.2) is 28.5 Å². The molecule has 2 aromatic rings. The van der Waals surface area contributed by atoms with E-state index >= 15 is 0 Å². The summed E-state index contributed by atoms with van der Waals surface area (Å²) in [4.78, 5) is 14.4. The molecule has 1 heterocycles. The van der Waals surface area contributed by atoms with Gasteiger partial charge in [0.2, 0.25) is 5.91 Å². The highest BCUT2D eigenvalue weighted by Gasteiger charge is 2.51. The maximum Gasteiger partial charge on any atom is 0.231 e. The van der Waals surface area contributed by atoms with Crippen molar-refractivity contribution in [3.8, 4) is 0 Å². The molecule has 4 heteroatoms. The third-order valence-electron chi connectivity index (χ3n) is 5.15. The van der Waals surface area contributed by atoms with Crippen LogP contribution in [0.5, 0.6) is 0 Å². The number of anilines is 1. The van der Waals surface area contributed by atoms with Crippen molar-refractivity contribution in [3.05, 3.63) is 66.2 Å². The van der Waals surface area contributed by atoms with Gasteiger partial charge in [-0.15, -0.1) is 0 Å². The first-order chi connectivity index (χ1) is 12.2. The van der Waals surface area contributed by atoms with E-state index in [-0.39, 0.29) is 23.0 Å². The van der Waals surface area contributed by atoms with Gasteiger partial charge in [0.15, 0.2) is 0 Å². The summed E-state index contributed by atoms with van der Waals surface area (Å²) in [5, 5.41) is 2.11. The molecule has 3 rings (SSSR count). The summed E-state index contributed by atoms with van der Waals surface area (Å²) in [7, 11) is 0. The molecule has 138 valence electrons. The number of para-hydroxylation sites is 1. The molecule has 0 aromatic heterocycles. The average Bonchev–Trinajstić information content (AvgIpc) is 2.54. The van der Waals surface area contributed by atoms with Crippen molar-refractivity contribution in [2.45, 2.75) is 51.7 Å². The second kappa shape index (κ2) is 6.76. The van der Waals surface area contributed by atoms with Crippen LogP contribution in [0.2, 0.25) is 0 Å². The molecule has 1 unspecified atom stereocenters. The fourth-order valence-corrected chi connectivity index (χ4v) is 4.65. The van der Waals surface area contributed by atoms with Crippen LogP contribution in [0.15, 0.2) is 60.7 Å². The lowest BCUT2D eigenvalue weighted by Crippen LogP contribution is -2.72. The molecule has 1 fully saturated rings. The SMILES string of the molecule is CC(=O)NN1CC(C)(C)N(c2ccccc2)C(C)(C)C1c1ccccc1. The van der Waals surface area contributed by atoms with Crippen molar-refractivity contribution in [1.29, 1.82) is 0 Å². The van der Waals surface area contributed by atoms with Crippen LogP contribution in [0.1, 0.15) is 46.2 Å². The van der Waals surface area contributed by atoms with Crippen LogP contribution < -0.4 is 10.3 Å². The van der Waals surface area contributed by atoms with Crippen molar-refractivity contribution in [2.24, 2.45) is 0 Å². The van der Waals surface area contributed by atoms with Crippen LogP contribution in [0.4, 0.5) is 5.69 Å². The number of piperazine rings is 1. The molecule has 0 bridgehead atoms. The first-order valence-corrected chi connectivity index (χ1v) is 9.18. The number of rotatable bonds is 3. The molecule has 1 saturated heterocycles. The molecule has 2 aromatic carbocycles. The molecule has 1 atom stereocenters. The third-order valence-corrected chi connectivity index (χ3v) is 5.15. The predicted molar refractivity (Wildman–Crippen MR) is 107 cm³/mol. The summed E-state index contributed by atoms with van der Waals surface area (Å²) < 4.78 is 0. The Morgan fingerprint density at radius 3 is 2.04 bits per heavy atom. The zero-order valence-corrected chi connectivity index (χ0v) is 16.4. The maximum atomic E-state index is 11.9. The Bertz CT molecular complexity index is 755. The van der Waals surface area contributed by atoms with Crippen LogP contribution in [0, 0.1) is 0 Å². The summed E-state index contributed by atoms with van der Waals surface area (Å²) in [6, 6.07) is 21.0. The zero-order chi connectivity index (χ0) is 18.9. The maximum absolute atomic E-state index is 11.9. The quantitative estimate of drug-likeness (QED) is 0.902. The Morgan fingerprint density at radius 2 is 1.50 bits per heavy atom. The van der Waals surface area contributed by atoms with Crippen LogP contribution in [0.3, 0.4) is 0 Å². The van der Waals surface area contributed by atoms with Gasteiger partial charge in [-0.05, 0) is 45.4 Å². The second-order valence-corrected chi connectivity index (χ2v) is 8.25. The molecular formula is C22H29N3O. The van der Waals surface area contributed by atoms with E-state index in [1.54, 1.807) is 6.92 Å². The highest BCUT2D eigenvalue weighted by Crippen LogP contribution is 2.46. The van der Waals surface area contributed by atoms with Gasteiger partial charge in [0, 0.05) is 24.7 Å². The molecule has 1 N–H and O–H groups in total. The minimum atomic E-state index is -0.243. The molecule has 0 aliphatic carbocycles. The van der Waals surface area contributed by atoms with Gasteiger partial charge in [-0.2, -0.15) is 0 Å². The monoisotopic (exact) mass is 351 g/mol. The number of carbonyl (C=O) groups is 1. The fraction of sp³-hybridized carbons (Fsp3) is 0.409. The van der Waals surface area contributed by atoms with Crippen molar-refractivity contribution in [2.75, 3.05) is 11.4 Å². The van der Waals surface area contributed by atoms with Gasteiger partial charge in [0.1, 0.15) is 0 Å². The highest BCUT2D eigenvalue weighted by atomic mass is 16.2. The summed E-state index contributed by atoms with van der Waals surface area (Å²) in [6.07, 6.45) is 0. The second-order valence-electron chi connectivity index (χ2n) is 8.25. The van der Waals surface area contributed by atoms with E-state index in [1.807, 2.05) is 12.1 Å². The number of benzene rings is 2. The lowest BCUT2D eigenvalue weighted by atomic mass is 9.78. The van der Waals surface area contributed by atoms with Crippen LogP contribution in [0.25, 0.3) is 0 Å². The van der Waals surface area contributed by atoms with Gasteiger partial charge in [-0.25, -0.2) is 5.01 Å². The molecule has 1 aliphatic rings. The van der Waals surface area contributed by atoms with Gasteiger partial charge in [0.25, 0.3) is 0 Å². The third kappa shape index (κ3) is 3.34. The molecule has 4 nitrogen and oxygen atoms in total. The van der Waals surface area contributed by atoms with Crippen molar-refractivity contribution in [3.63, 3.8) is 0 Å². The number of hydrogen-bond acceptors (Lipinski definition) is 3. The van der Waals surface area contributed by atoms with Crippen molar-refractivity contribution in [1.82, 2.24) is 10.4 Å². The number of hydrogen-bond donors (Lipinski definition) is 1. The van der Waals surface area contributed by atoms with Gasteiger partial charge in [-0.3, -0.25) is 10.2 Å². The molecule has 0 saturated carbocycles. The van der Waals surface area contributed by atoms with E-state index in [0.717, 1.165) is 6.54 Å². The number of nitrogens with zero attached hydrogens (tertiary/aromatic N) is 2. The van der Waals surface area contributed by atoms with Gasteiger partial charge in [-0.1, -0.05) is 48.5 Å². The summed E-state index contributed by atoms with van der Waals surface area (Å²) in [5.41, 5.74) is 5.08. The Labute approximate surface area is 156 Å². The van der Waals surface area contributed by atoms with E-state index in [4.69, 9.17) is 0 Å². The Kier molecular flexibility index (Phi) is 4.80. The van der Waals surface area contributed by atoms with E-state index in [1.165, 1.54) is 11.3 Å². The standard InChI is InChI=1S/C22H29N3O/c1-17(26)23-24-16-21(2,3)25(19-14-10-7-11-15-19)22(4,5)20(24)18-12-8-6-9-13-18/h6-15,20H,16H2,1-5H3,(H,23,26). The predicted octanol–water partition coefficient (Wildman–Crippen LogP) is 4.16. The summed E-state index contributed by atoms with van der Waals surface area (Å²) in [5.74, 6) is -0.0364. The Morgan fingerprint density at radius 1 is 0.962 bits per heavy atom. The van der Waals surface area contributed by atoms with E-state index < -0.39 is 0 Å². The highest BCUT2D eigenvalue weighted by molar-refractivity contribution is 5.72. The number of amides is 1. The summed E-state index contributed by atoms with van der Waals surface area (Å²) in [6.45, 7) is 11.3. The Balaban J connectivity index is 2.13.